The van der Waals surface area contributed by atoms with Crippen molar-refractivity contribution in [2.75, 3.05) is 13.3 Å². The second kappa shape index (κ2) is 7.04. The van der Waals surface area contributed by atoms with Crippen LogP contribution in [0.5, 0.6) is 17.2 Å². The first-order chi connectivity index (χ1) is 15.8. The molecule has 160 valence electrons. The Labute approximate surface area is 186 Å². The van der Waals surface area contributed by atoms with Crippen LogP contribution in [0.1, 0.15) is 34.0 Å². The average Bonchev–Trinajstić information content (AvgIpc) is 3.44. The lowest BCUT2D eigenvalue weighted by Gasteiger charge is -2.40. The number of rotatable bonds is 3. The molecule has 1 N–H and O–H groups in total. The third-order valence-corrected chi connectivity index (χ3v) is 7.08. The van der Waals surface area contributed by atoms with Gasteiger partial charge in [0.05, 0.1) is 0 Å². The zero-order valence-electron chi connectivity index (χ0n) is 17.8. The van der Waals surface area contributed by atoms with Crippen LogP contribution in [0.3, 0.4) is 0 Å². The molecule has 3 aromatic carbocycles. The monoisotopic (exact) mass is 424 g/mol. The summed E-state index contributed by atoms with van der Waals surface area (Å²) in [5.41, 5.74) is 7.89. The van der Waals surface area contributed by atoms with E-state index in [1.807, 2.05) is 18.2 Å². The number of benzene rings is 3. The van der Waals surface area contributed by atoms with Crippen LogP contribution in [0.2, 0.25) is 0 Å². The molecule has 4 heterocycles. The number of hydrogen-bond acceptors (Lipinski definition) is 4. The SMILES string of the molecule is c1ccc(COc2ccc3[nH]c4c(c3c2)C[C@H]2c3cc5c(cc3CCN2C4)OCO5)cc1. The molecule has 1 aromatic heterocycles. The third kappa shape index (κ3) is 2.88. The molecular weight excluding hydrogens is 400 g/mol. The smallest absolute Gasteiger partial charge is 0.231 e. The summed E-state index contributed by atoms with van der Waals surface area (Å²) < 4.78 is 17.4. The Morgan fingerprint density at radius 1 is 1.00 bits per heavy atom. The molecule has 5 heteroatoms. The number of aromatic amines is 1. The quantitative estimate of drug-likeness (QED) is 0.495. The molecule has 0 aliphatic carbocycles. The van der Waals surface area contributed by atoms with E-state index < -0.39 is 0 Å². The van der Waals surface area contributed by atoms with Gasteiger partial charge in [0.15, 0.2) is 11.5 Å². The van der Waals surface area contributed by atoms with Gasteiger partial charge in [0.2, 0.25) is 6.79 Å². The second-order valence-electron chi connectivity index (χ2n) is 8.91. The Morgan fingerprint density at radius 2 is 1.88 bits per heavy atom. The number of aromatic nitrogens is 1. The fraction of sp³-hybridized carbons (Fsp3) is 0.259. The molecule has 5 nitrogen and oxygen atoms in total. The first kappa shape index (κ1) is 18.2. The molecule has 4 aromatic rings. The number of nitrogens with zero attached hydrogens (tertiary/aromatic N) is 1. The number of nitrogens with one attached hydrogen (secondary N) is 1. The molecule has 0 bridgehead atoms. The zero-order chi connectivity index (χ0) is 21.1. The fourth-order valence-electron chi connectivity index (χ4n) is 5.45. The van der Waals surface area contributed by atoms with Gasteiger partial charge in [-0.15, -0.1) is 0 Å². The summed E-state index contributed by atoms with van der Waals surface area (Å²) >= 11 is 0. The highest BCUT2D eigenvalue weighted by atomic mass is 16.7. The van der Waals surface area contributed by atoms with Crippen molar-refractivity contribution in [1.29, 1.82) is 0 Å². The average molecular weight is 425 g/mol. The van der Waals surface area contributed by atoms with Crippen molar-refractivity contribution in [3.63, 3.8) is 0 Å². The lowest BCUT2D eigenvalue weighted by molar-refractivity contribution is 0.159. The van der Waals surface area contributed by atoms with Crippen LogP contribution in [-0.2, 0) is 26.0 Å². The summed E-state index contributed by atoms with van der Waals surface area (Å²) in [6.45, 7) is 2.92. The molecule has 0 fully saturated rings. The summed E-state index contributed by atoms with van der Waals surface area (Å²) in [7, 11) is 0. The first-order valence-electron chi connectivity index (χ1n) is 11.3. The van der Waals surface area contributed by atoms with Crippen LogP contribution in [0, 0.1) is 0 Å². The lowest BCUT2D eigenvalue weighted by atomic mass is 9.85. The van der Waals surface area contributed by atoms with Crippen LogP contribution in [0.15, 0.2) is 60.7 Å². The number of H-pyrrole nitrogens is 1. The van der Waals surface area contributed by atoms with Gasteiger partial charge in [-0.2, -0.15) is 0 Å². The Balaban J connectivity index is 1.22. The first-order valence-corrected chi connectivity index (χ1v) is 11.3. The minimum Gasteiger partial charge on any atom is -0.489 e. The third-order valence-electron chi connectivity index (χ3n) is 7.08. The minimum atomic E-state index is 0.324. The Hall–Kier alpha value is -3.44. The topological polar surface area (TPSA) is 46.7 Å². The van der Waals surface area contributed by atoms with Crippen molar-refractivity contribution >= 4 is 10.9 Å². The summed E-state index contributed by atoms with van der Waals surface area (Å²) in [5.74, 6) is 2.69. The van der Waals surface area contributed by atoms with E-state index in [4.69, 9.17) is 14.2 Å². The van der Waals surface area contributed by atoms with Gasteiger partial charge in [-0.25, -0.2) is 0 Å². The molecular formula is C27H24N2O3. The van der Waals surface area contributed by atoms with E-state index in [1.54, 1.807) is 0 Å². The largest absolute Gasteiger partial charge is 0.489 e. The minimum absolute atomic E-state index is 0.324. The number of ether oxygens (including phenoxy) is 3. The molecule has 0 unspecified atom stereocenters. The van der Waals surface area contributed by atoms with Gasteiger partial charge in [-0.05, 0) is 65.4 Å². The van der Waals surface area contributed by atoms with E-state index in [2.05, 4.69) is 52.3 Å². The normalized spacial score (nSPS) is 18.8. The van der Waals surface area contributed by atoms with Gasteiger partial charge in [0, 0.05) is 35.7 Å². The predicted octanol–water partition coefficient (Wildman–Crippen LogP) is 5.13. The molecule has 0 amide bonds. The maximum Gasteiger partial charge on any atom is 0.231 e. The van der Waals surface area contributed by atoms with E-state index in [-0.39, 0.29) is 0 Å². The van der Waals surface area contributed by atoms with E-state index in [0.29, 0.717) is 19.4 Å². The van der Waals surface area contributed by atoms with E-state index >= 15 is 0 Å². The van der Waals surface area contributed by atoms with Gasteiger partial charge in [-0.1, -0.05) is 30.3 Å². The van der Waals surface area contributed by atoms with Crippen molar-refractivity contribution in [1.82, 2.24) is 9.88 Å². The molecule has 0 radical (unpaired) electrons. The van der Waals surface area contributed by atoms with Crippen molar-refractivity contribution in [3.8, 4) is 17.2 Å². The fourth-order valence-corrected chi connectivity index (χ4v) is 5.45. The second-order valence-corrected chi connectivity index (χ2v) is 8.91. The Morgan fingerprint density at radius 3 is 2.78 bits per heavy atom. The van der Waals surface area contributed by atoms with Crippen LogP contribution in [0.25, 0.3) is 10.9 Å². The maximum atomic E-state index is 6.12. The van der Waals surface area contributed by atoms with Crippen molar-refractivity contribution < 1.29 is 14.2 Å². The number of fused-ring (bicyclic) bond motifs is 7. The van der Waals surface area contributed by atoms with Crippen molar-refractivity contribution in [2.45, 2.75) is 32.0 Å². The lowest BCUT2D eigenvalue weighted by Crippen LogP contribution is -2.39. The van der Waals surface area contributed by atoms with E-state index in [1.165, 1.54) is 38.9 Å². The van der Waals surface area contributed by atoms with Gasteiger partial charge >= 0.3 is 0 Å². The molecule has 0 saturated carbocycles. The van der Waals surface area contributed by atoms with E-state index in [9.17, 15) is 0 Å². The molecule has 7 rings (SSSR count). The Kier molecular flexibility index (Phi) is 3.99. The molecule has 0 spiro atoms. The molecule has 32 heavy (non-hydrogen) atoms. The maximum absolute atomic E-state index is 6.12. The van der Waals surface area contributed by atoms with Crippen LogP contribution >= 0.6 is 0 Å². The van der Waals surface area contributed by atoms with Gasteiger partial charge in [0.25, 0.3) is 0 Å². The van der Waals surface area contributed by atoms with E-state index in [0.717, 1.165) is 43.2 Å². The summed E-state index contributed by atoms with van der Waals surface area (Å²) in [6, 6.07) is 21.5. The zero-order valence-corrected chi connectivity index (χ0v) is 17.8. The van der Waals surface area contributed by atoms with Crippen LogP contribution in [-0.4, -0.2) is 23.2 Å². The Bertz CT molecular complexity index is 1330. The highest BCUT2D eigenvalue weighted by Crippen LogP contribution is 2.45. The van der Waals surface area contributed by atoms with Crippen molar-refractivity contribution in [2.24, 2.45) is 0 Å². The summed E-state index contributed by atoms with van der Waals surface area (Å²) in [5, 5.41) is 1.28. The van der Waals surface area contributed by atoms with Gasteiger partial charge in [0.1, 0.15) is 12.4 Å². The van der Waals surface area contributed by atoms with Crippen LogP contribution < -0.4 is 14.2 Å². The highest BCUT2D eigenvalue weighted by Gasteiger charge is 2.35. The molecule has 3 aliphatic rings. The van der Waals surface area contributed by atoms with Gasteiger partial charge in [-0.3, -0.25) is 4.90 Å². The standard InChI is InChI=1S/C27H24N2O3/c1-2-4-17(5-3-1)15-30-19-6-7-23-21(11-19)22-12-25-20-13-27-26(31-16-32-27)10-18(20)8-9-29(25)14-24(22)28-23/h1-7,10-11,13,25,28H,8-9,12,14-16H2/t25-/m0/s1. The number of hydrogen-bond donors (Lipinski definition) is 1. The molecule has 1 atom stereocenters. The summed E-state index contributed by atoms with van der Waals surface area (Å²) in [4.78, 5) is 6.27. The predicted molar refractivity (Wildman–Crippen MR) is 122 cm³/mol. The van der Waals surface area contributed by atoms with Crippen LogP contribution in [0.4, 0.5) is 0 Å². The molecule has 3 aliphatic heterocycles. The van der Waals surface area contributed by atoms with Crippen molar-refractivity contribution in [3.05, 3.63) is 88.6 Å². The van der Waals surface area contributed by atoms with Gasteiger partial charge < -0.3 is 19.2 Å². The molecule has 0 saturated heterocycles. The summed E-state index contributed by atoms with van der Waals surface area (Å²) in [6.07, 6.45) is 2.04. The highest BCUT2D eigenvalue weighted by molar-refractivity contribution is 5.86.